The zero-order valence-corrected chi connectivity index (χ0v) is 16.1. The smallest absolute Gasteiger partial charge is 0.203 e. The number of hydrogen-bond acceptors (Lipinski definition) is 6. The van der Waals surface area contributed by atoms with E-state index in [1.165, 1.54) is 0 Å². The molecule has 144 valence electrons. The Morgan fingerprint density at radius 2 is 1.79 bits per heavy atom. The van der Waals surface area contributed by atoms with Gasteiger partial charge in [0.05, 0.1) is 32.6 Å². The maximum atomic E-state index is 6.25. The first-order chi connectivity index (χ1) is 13.6. The number of H-pyrrole nitrogens is 1. The molecule has 0 fully saturated rings. The minimum Gasteiger partial charge on any atom is -0.493 e. The second kappa shape index (κ2) is 6.80. The van der Waals surface area contributed by atoms with Gasteiger partial charge in [0.25, 0.3) is 0 Å². The highest BCUT2D eigenvalue weighted by Crippen LogP contribution is 2.44. The molecule has 8 heteroatoms. The molecule has 3 aromatic heterocycles. The van der Waals surface area contributed by atoms with Gasteiger partial charge in [-0.05, 0) is 24.3 Å². The molecule has 0 saturated carbocycles. The van der Waals surface area contributed by atoms with Crippen LogP contribution in [0.3, 0.4) is 0 Å². The maximum Gasteiger partial charge on any atom is 0.203 e. The van der Waals surface area contributed by atoms with Crippen molar-refractivity contribution < 1.29 is 14.2 Å². The number of nitrogens with one attached hydrogen (secondary N) is 1. The zero-order valence-electron chi connectivity index (χ0n) is 16.1. The van der Waals surface area contributed by atoms with Crippen LogP contribution in [-0.2, 0) is 7.05 Å². The number of ether oxygens (including phenoxy) is 3. The Hall–Kier alpha value is -3.68. The van der Waals surface area contributed by atoms with Crippen LogP contribution in [0, 0.1) is 0 Å². The number of aromatic nitrogens is 4. The highest BCUT2D eigenvalue weighted by Gasteiger charge is 2.22. The molecule has 4 rings (SSSR count). The summed E-state index contributed by atoms with van der Waals surface area (Å²) in [6.45, 7) is 0. The fourth-order valence-corrected chi connectivity index (χ4v) is 3.47. The second-order valence-electron chi connectivity index (χ2n) is 6.30. The number of fused-ring (bicyclic) bond motifs is 1. The van der Waals surface area contributed by atoms with Crippen molar-refractivity contribution in [3.8, 4) is 39.6 Å². The summed E-state index contributed by atoms with van der Waals surface area (Å²) in [5, 5.41) is 8.29. The van der Waals surface area contributed by atoms with Gasteiger partial charge in [-0.1, -0.05) is 0 Å². The van der Waals surface area contributed by atoms with E-state index in [1.807, 2.05) is 42.1 Å². The number of hydrogen-bond donors (Lipinski definition) is 2. The number of anilines is 1. The quantitative estimate of drug-likeness (QED) is 0.552. The van der Waals surface area contributed by atoms with Crippen LogP contribution < -0.4 is 19.9 Å². The molecule has 0 aliphatic rings. The molecule has 0 bridgehead atoms. The lowest BCUT2D eigenvalue weighted by Crippen LogP contribution is -1.96. The van der Waals surface area contributed by atoms with Gasteiger partial charge < -0.3 is 24.5 Å². The van der Waals surface area contributed by atoms with Gasteiger partial charge >= 0.3 is 0 Å². The summed E-state index contributed by atoms with van der Waals surface area (Å²) < 4.78 is 18.4. The molecular weight excluding hydrogens is 358 g/mol. The van der Waals surface area contributed by atoms with Gasteiger partial charge in [-0.25, -0.2) is 4.98 Å². The Morgan fingerprint density at radius 1 is 1.07 bits per heavy atom. The molecule has 3 heterocycles. The van der Waals surface area contributed by atoms with Crippen LogP contribution >= 0.6 is 0 Å². The predicted molar refractivity (Wildman–Crippen MR) is 108 cm³/mol. The summed E-state index contributed by atoms with van der Waals surface area (Å²) in [7, 11) is 6.69. The van der Waals surface area contributed by atoms with E-state index in [0.29, 0.717) is 23.1 Å². The lowest BCUT2D eigenvalue weighted by atomic mass is 10.00. The first-order valence-electron chi connectivity index (χ1n) is 8.63. The molecule has 3 N–H and O–H groups in total. The molecule has 0 amide bonds. The first kappa shape index (κ1) is 17.7. The van der Waals surface area contributed by atoms with Crippen molar-refractivity contribution in [1.29, 1.82) is 0 Å². The van der Waals surface area contributed by atoms with E-state index < -0.39 is 0 Å². The van der Waals surface area contributed by atoms with Gasteiger partial charge in [-0.3, -0.25) is 5.10 Å². The molecule has 1 aromatic carbocycles. The summed E-state index contributed by atoms with van der Waals surface area (Å²) in [6.07, 6.45) is 3.77. The normalized spacial score (nSPS) is 11.0. The van der Waals surface area contributed by atoms with E-state index in [4.69, 9.17) is 19.9 Å². The fraction of sp³-hybridized carbons (Fsp3) is 0.200. The summed E-state index contributed by atoms with van der Waals surface area (Å²) in [5.41, 5.74) is 10.4. The third-order valence-corrected chi connectivity index (χ3v) is 4.75. The summed E-state index contributed by atoms with van der Waals surface area (Å²) in [4.78, 5) is 4.46. The third kappa shape index (κ3) is 2.61. The Balaban J connectivity index is 1.97. The van der Waals surface area contributed by atoms with E-state index in [9.17, 15) is 0 Å². The van der Waals surface area contributed by atoms with Crippen molar-refractivity contribution in [2.45, 2.75) is 0 Å². The molecule has 0 atom stereocenters. The van der Waals surface area contributed by atoms with Crippen molar-refractivity contribution in [2.24, 2.45) is 7.05 Å². The molecule has 0 unspecified atom stereocenters. The molecule has 0 aliphatic carbocycles. The van der Waals surface area contributed by atoms with Crippen LogP contribution in [0.4, 0.5) is 5.82 Å². The van der Waals surface area contributed by atoms with Gasteiger partial charge in [0, 0.05) is 36.0 Å². The fourth-order valence-electron chi connectivity index (χ4n) is 3.47. The molecule has 28 heavy (non-hydrogen) atoms. The van der Waals surface area contributed by atoms with Gasteiger partial charge in [0.1, 0.15) is 5.65 Å². The Bertz CT molecular complexity index is 1140. The molecule has 4 aromatic rings. The third-order valence-electron chi connectivity index (χ3n) is 4.75. The van der Waals surface area contributed by atoms with Crippen LogP contribution in [0.5, 0.6) is 17.2 Å². The van der Waals surface area contributed by atoms with Gasteiger partial charge in [0.15, 0.2) is 17.3 Å². The average molecular weight is 379 g/mol. The monoisotopic (exact) mass is 379 g/mol. The van der Waals surface area contributed by atoms with Crippen molar-refractivity contribution in [3.63, 3.8) is 0 Å². The molecule has 0 aliphatic heterocycles. The SMILES string of the molecule is COc1cc(-c2[nH]nc(N)c2-c2cn(C)c3ncccc23)cc(OC)c1OC. The predicted octanol–water partition coefficient (Wildman–Crippen LogP) is 3.24. The number of aryl methyl sites for hydroxylation is 1. The maximum absolute atomic E-state index is 6.25. The number of aromatic amines is 1. The zero-order chi connectivity index (χ0) is 19.8. The number of nitrogen functional groups attached to an aromatic ring is 1. The minimum atomic E-state index is 0.403. The lowest BCUT2D eigenvalue weighted by Gasteiger charge is -2.14. The molecule has 0 spiro atoms. The number of methoxy groups -OCH3 is 3. The van der Waals surface area contributed by atoms with Crippen molar-refractivity contribution in [1.82, 2.24) is 19.7 Å². The van der Waals surface area contributed by atoms with E-state index in [2.05, 4.69) is 15.2 Å². The largest absolute Gasteiger partial charge is 0.493 e. The standard InChI is InChI=1S/C20H21N5O3/c1-25-10-13(12-6-5-7-22-20(12)25)16-17(23-24-19(16)21)11-8-14(26-2)18(28-4)15(9-11)27-3/h5-10H,1-4H3,(H3,21,23,24). The van der Waals surface area contributed by atoms with Gasteiger partial charge in [0.2, 0.25) is 5.75 Å². The van der Waals surface area contributed by atoms with Crippen molar-refractivity contribution in [2.75, 3.05) is 27.1 Å². The highest BCUT2D eigenvalue weighted by molar-refractivity contribution is 6.01. The summed E-state index contributed by atoms with van der Waals surface area (Å²) in [6, 6.07) is 7.65. The number of nitrogens with two attached hydrogens (primary N) is 1. The van der Waals surface area contributed by atoms with Gasteiger partial charge in [-0.15, -0.1) is 0 Å². The van der Waals surface area contributed by atoms with Crippen LogP contribution in [-0.4, -0.2) is 41.1 Å². The molecule has 0 radical (unpaired) electrons. The van der Waals surface area contributed by atoms with E-state index >= 15 is 0 Å². The lowest BCUT2D eigenvalue weighted by molar-refractivity contribution is 0.324. The summed E-state index contributed by atoms with van der Waals surface area (Å²) in [5.74, 6) is 2.03. The molecule has 0 saturated heterocycles. The number of benzene rings is 1. The first-order valence-corrected chi connectivity index (χ1v) is 8.63. The Kier molecular flexibility index (Phi) is 4.31. The van der Waals surface area contributed by atoms with E-state index in [0.717, 1.165) is 33.4 Å². The van der Waals surface area contributed by atoms with Crippen LogP contribution in [0.2, 0.25) is 0 Å². The second-order valence-corrected chi connectivity index (χ2v) is 6.30. The van der Waals surface area contributed by atoms with Crippen LogP contribution in [0.1, 0.15) is 0 Å². The summed E-state index contributed by atoms with van der Waals surface area (Å²) >= 11 is 0. The van der Waals surface area contributed by atoms with Crippen molar-refractivity contribution >= 4 is 16.9 Å². The highest BCUT2D eigenvalue weighted by atomic mass is 16.5. The number of nitrogens with zero attached hydrogens (tertiary/aromatic N) is 3. The average Bonchev–Trinajstić information content (AvgIpc) is 3.26. The van der Waals surface area contributed by atoms with E-state index in [1.54, 1.807) is 27.5 Å². The minimum absolute atomic E-state index is 0.403. The Labute approximate surface area is 161 Å². The van der Waals surface area contributed by atoms with Crippen LogP contribution in [0.15, 0.2) is 36.7 Å². The van der Waals surface area contributed by atoms with E-state index in [-0.39, 0.29) is 0 Å². The van der Waals surface area contributed by atoms with Crippen molar-refractivity contribution in [3.05, 3.63) is 36.7 Å². The molecule has 8 nitrogen and oxygen atoms in total. The molecular formula is C20H21N5O3. The topological polar surface area (TPSA) is 100 Å². The van der Waals surface area contributed by atoms with Crippen LogP contribution in [0.25, 0.3) is 33.4 Å². The Morgan fingerprint density at radius 3 is 2.43 bits per heavy atom. The number of pyridine rings is 1. The number of rotatable bonds is 5. The van der Waals surface area contributed by atoms with Gasteiger partial charge in [-0.2, -0.15) is 5.10 Å².